The molecule has 3 rings (SSSR count). The SMILES string of the molecule is CC1CCN(CC2CC/C(=C/c3ccccc3)C(=O)C2)CC1. The summed E-state index contributed by atoms with van der Waals surface area (Å²) in [4.78, 5) is 15.0. The molecule has 1 saturated heterocycles. The van der Waals surface area contributed by atoms with Crippen LogP contribution in [0.1, 0.15) is 44.6 Å². The van der Waals surface area contributed by atoms with E-state index in [0.29, 0.717) is 11.7 Å². The molecule has 1 aliphatic carbocycles. The van der Waals surface area contributed by atoms with Crippen molar-refractivity contribution in [3.63, 3.8) is 0 Å². The minimum absolute atomic E-state index is 0.366. The van der Waals surface area contributed by atoms with Gasteiger partial charge in [-0.3, -0.25) is 4.79 Å². The number of likely N-dealkylation sites (tertiary alicyclic amines) is 1. The van der Waals surface area contributed by atoms with E-state index in [1.165, 1.54) is 25.9 Å². The van der Waals surface area contributed by atoms with E-state index in [0.717, 1.165) is 42.9 Å². The third-order valence-corrected chi connectivity index (χ3v) is 5.19. The summed E-state index contributed by atoms with van der Waals surface area (Å²) >= 11 is 0. The fraction of sp³-hybridized carbons (Fsp3) is 0.550. The first-order chi connectivity index (χ1) is 10.7. The Labute approximate surface area is 134 Å². The van der Waals surface area contributed by atoms with Gasteiger partial charge in [-0.1, -0.05) is 37.3 Å². The third-order valence-electron chi connectivity index (χ3n) is 5.19. The standard InChI is InChI=1S/C20H27NO/c1-16-9-11-21(12-10-16)15-18-7-8-19(20(22)14-18)13-17-5-3-2-4-6-17/h2-6,13,16,18H,7-12,14-15H2,1H3/b19-13-. The monoisotopic (exact) mass is 297 g/mol. The van der Waals surface area contributed by atoms with E-state index in [1.54, 1.807) is 0 Å². The first-order valence-electron chi connectivity index (χ1n) is 8.72. The van der Waals surface area contributed by atoms with Crippen molar-refractivity contribution in [2.24, 2.45) is 11.8 Å². The van der Waals surface area contributed by atoms with Crippen LogP contribution in [0.25, 0.3) is 6.08 Å². The van der Waals surface area contributed by atoms with Gasteiger partial charge in [0.15, 0.2) is 5.78 Å². The molecule has 118 valence electrons. The number of ketones is 1. The van der Waals surface area contributed by atoms with Crippen molar-refractivity contribution < 1.29 is 4.79 Å². The summed E-state index contributed by atoms with van der Waals surface area (Å²) < 4.78 is 0. The summed E-state index contributed by atoms with van der Waals surface area (Å²) in [6.45, 7) is 5.91. The van der Waals surface area contributed by atoms with Crippen LogP contribution in [0.2, 0.25) is 0 Å². The lowest BCUT2D eigenvalue weighted by molar-refractivity contribution is -0.117. The number of hydrogen-bond acceptors (Lipinski definition) is 2. The second kappa shape index (κ2) is 7.23. The number of rotatable bonds is 3. The maximum Gasteiger partial charge on any atom is 0.159 e. The molecule has 1 atom stereocenters. The van der Waals surface area contributed by atoms with Gasteiger partial charge in [0.2, 0.25) is 0 Å². The summed E-state index contributed by atoms with van der Waals surface area (Å²) in [5.41, 5.74) is 2.17. The Morgan fingerprint density at radius 3 is 2.55 bits per heavy atom. The third kappa shape index (κ3) is 4.07. The Hall–Kier alpha value is -1.41. The molecule has 2 aliphatic rings. The molecule has 2 heteroatoms. The van der Waals surface area contributed by atoms with E-state index in [4.69, 9.17) is 0 Å². The van der Waals surface area contributed by atoms with Crippen molar-refractivity contribution in [2.45, 2.75) is 39.0 Å². The zero-order valence-electron chi connectivity index (χ0n) is 13.6. The highest BCUT2D eigenvalue weighted by atomic mass is 16.1. The first kappa shape index (κ1) is 15.5. The molecule has 1 heterocycles. The van der Waals surface area contributed by atoms with Crippen molar-refractivity contribution in [1.29, 1.82) is 0 Å². The van der Waals surface area contributed by atoms with E-state index in [2.05, 4.69) is 30.0 Å². The molecule has 1 unspecified atom stereocenters. The Balaban J connectivity index is 1.54. The van der Waals surface area contributed by atoms with Crippen LogP contribution in [0.15, 0.2) is 35.9 Å². The summed E-state index contributed by atoms with van der Waals surface area (Å²) in [6, 6.07) is 10.2. The van der Waals surface area contributed by atoms with Crippen LogP contribution in [0.4, 0.5) is 0 Å². The minimum Gasteiger partial charge on any atom is -0.303 e. The van der Waals surface area contributed by atoms with Crippen molar-refractivity contribution in [3.05, 3.63) is 41.5 Å². The number of hydrogen-bond donors (Lipinski definition) is 0. The lowest BCUT2D eigenvalue weighted by atomic mass is 9.83. The molecule has 0 amide bonds. The van der Waals surface area contributed by atoms with Gasteiger partial charge in [-0.05, 0) is 67.8 Å². The van der Waals surface area contributed by atoms with E-state index < -0.39 is 0 Å². The highest BCUT2D eigenvalue weighted by Gasteiger charge is 2.26. The number of nitrogens with zero attached hydrogens (tertiary/aromatic N) is 1. The Kier molecular flexibility index (Phi) is 5.09. The molecule has 0 N–H and O–H groups in total. The number of benzene rings is 1. The maximum absolute atomic E-state index is 12.4. The average Bonchev–Trinajstić information content (AvgIpc) is 2.53. The van der Waals surface area contributed by atoms with E-state index in [-0.39, 0.29) is 0 Å². The number of Topliss-reactive ketones (excluding diaryl/α,β-unsaturated/α-hetero) is 1. The van der Waals surface area contributed by atoms with E-state index in [9.17, 15) is 4.79 Å². The van der Waals surface area contributed by atoms with Gasteiger partial charge in [-0.15, -0.1) is 0 Å². The zero-order chi connectivity index (χ0) is 15.4. The molecule has 2 nitrogen and oxygen atoms in total. The summed E-state index contributed by atoms with van der Waals surface area (Å²) in [5.74, 6) is 1.81. The summed E-state index contributed by atoms with van der Waals surface area (Å²) in [6.07, 6.45) is 7.57. The molecule has 0 bridgehead atoms. The highest BCUT2D eigenvalue weighted by Crippen LogP contribution is 2.29. The summed E-state index contributed by atoms with van der Waals surface area (Å²) in [7, 11) is 0. The zero-order valence-corrected chi connectivity index (χ0v) is 13.6. The van der Waals surface area contributed by atoms with Gasteiger partial charge in [-0.25, -0.2) is 0 Å². The molecule has 0 aromatic heterocycles. The quantitative estimate of drug-likeness (QED) is 0.780. The van der Waals surface area contributed by atoms with Crippen LogP contribution < -0.4 is 0 Å². The molecule has 0 radical (unpaired) electrons. The number of carbonyl (C=O) groups excluding carboxylic acids is 1. The predicted molar refractivity (Wildman–Crippen MR) is 91.6 cm³/mol. The molecule has 22 heavy (non-hydrogen) atoms. The average molecular weight is 297 g/mol. The van der Waals surface area contributed by atoms with Crippen LogP contribution in [0, 0.1) is 11.8 Å². The van der Waals surface area contributed by atoms with Crippen molar-refractivity contribution in [2.75, 3.05) is 19.6 Å². The van der Waals surface area contributed by atoms with Gasteiger partial charge < -0.3 is 4.90 Å². The van der Waals surface area contributed by atoms with Gasteiger partial charge >= 0.3 is 0 Å². The molecule has 2 fully saturated rings. The molecule has 0 spiro atoms. The van der Waals surface area contributed by atoms with Gasteiger partial charge in [0.1, 0.15) is 0 Å². The van der Waals surface area contributed by atoms with Crippen molar-refractivity contribution in [1.82, 2.24) is 4.90 Å². The highest BCUT2D eigenvalue weighted by molar-refractivity contribution is 6.00. The predicted octanol–water partition coefficient (Wildman–Crippen LogP) is 4.17. The van der Waals surface area contributed by atoms with E-state index in [1.807, 2.05) is 18.2 Å². The van der Waals surface area contributed by atoms with E-state index >= 15 is 0 Å². The fourth-order valence-corrected chi connectivity index (χ4v) is 3.66. The van der Waals surface area contributed by atoms with Crippen LogP contribution in [-0.4, -0.2) is 30.3 Å². The molecular weight excluding hydrogens is 270 g/mol. The fourth-order valence-electron chi connectivity index (χ4n) is 3.66. The lowest BCUT2D eigenvalue weighted by Crippen LogP contribution is -2.38. The second-order valence-corrected chi connectivity index (χ2v) is 7.10. The molecule has 1 aromatic carbocycles. The Morgan fingerprint density at radius 2 is 1.86 bits per heavy atom. The molecular formula is C20H27NO. The summed E-state index contributed by atoms with van der Waals surface area (Å²) in [5, 5.41) is 0. The van der Waals surface area contributed by atoms with Crippen LogP contribution in [0.3, 0.4) is 0 Å². The van der Waals surface area contributed by atoms with Gasteiger partial charge in [0.25, 0.3) is 0 Å². The topological polar surface area (TPSA) is 20.3 Å². The largest absolute Gasteiger partial charge is 0.303 e. The second-order valence-electron chi connectivity index (χ2n) is 7.10. The van der Waals surface area contributed by atoms with Crippen LogP contribution in [0.5, 0.6) is 0 Å². The molecule has 1 aromatic rings. The lowest BCUT2D eigenvalue weighted by Gasteiger charge is -2.34. The normalized spacial score (nSPS) is 26.5. The van der Waals surface area contributed by atoms with Crippen LogP contribution in [-0.2, 0) is 4.79 Å². The minimum atomic E-state index is 0.366. The Morgan fingerprint density at radius 1 is 1.14 bits per heavy atom. The maximum atomic E-state index is 12.4. The van der Waals surface area contributed by atoms with Gasteiger partial charge in [-0.2, -0.15) is 0 Å². The molecule has 1 aliphatic heterocycles. The number of carbonyl (C=O) groups is 1. The first-order valence-corrected chi connectivity index (χ1v) is 8.72. The molecule has 1 saturated carbocycles. The van der Waals surface area contributed by atoms with Crippen molar-refractivity contribution >= 4 is 11.9 Å². The Bertz CT molecular complexity index is 526. The number of piperidine rings is 1. The van der Waals surface area contributed by atoms with Gasteiger partial charge in [0.05, 0.1) is 0 Å². The van der Waals surface area contributed by atoms with Crippen molar-refractivity contribution in [3.8, 4) is 0 Å². The number of allylic oxidation sites excluding steroid dienone is 1. The van der Waals surface area contributed by atoms with Gasteiger partial charge in [0, 0.05) is 13.0 Å². The van der Waals surface area contributed by atoms with Crippen LogP contribution >= 0.6 is 0 Å². The smallest absolute Gasteiger partial charge is 0.159 e.